The van der Waals surface area contributed by atoms with Crippen molar-refractivity contribution in [3.63, 3.8) is 0 Å². The Morgan fingerprint density at radius 1 is 0.325 bits per heavy atom. The summed E-state index contributed by atoms with van der Waals surface area (Å²) in [6, 6.07) is 11.7. The normalized spacial score (nSPS) is 11.9. The zero-order valence-corrected chi connectivity index (χ0v) is 28.0. The first kappa shape index (κ1) is 37.2. The van der Waals surface area contributed by atoms with E-state index in [1.165, 1.54) is 197 Å². The van der Waals surface area contributed by atoms with Crippen LogP contribution in [-0.4, -0.2) is 19.6 Å². The molecule has 0 saturated carbocycles. The molecule has 0 aromatic heterocycles. The van der Waals surface area contributed by atoms with E-state index >= 15 is 0 Å². The topological polar surface area (TPSA) is 0 Å². The van der Waals surface area contributed by atoms with Gasteiger partial charge in [0.25, 0.3) is 0 Å². The molecule has 0 bridgehead atoms. The summed E-state index contributed by atoms with van der Waals surface area (Å²) in [5.74, 6) is 0. The van der Waals surface area contributed by atoms with Gasteiger partial charge in [0.1, 0.15) is 5.69 Å². The summed E-state index contributed by atoms with van der Waals surface area (Å²) in [4.78, 5) is 0. The Hall–Kier alpha value is -0.820. The molecule has 0 heterocycles. The summed E-state index contributed by atoms with van der Waals surface area (Å²) in [5.41, 5.74) is 1.60. The molecule has 0 aliphatic carbocycles. The lowest BCUT2D eigenvalue weighted by molar-refractivity contribution is 0.252. The predicted octanol–water partition coefficient (Wildman–Crippen LogP) is 13.6. The molecule has 0 saturated heterocycles. The summed E-state index contributed by atoms with van der Waals surface area (Å²) in [6.45, 7) is 11.0. The van der Waals surface area contributed by atoms with Crippen molar-refractivity contribution in [3.8, 4) is 0 Å². The van der Waals surface area contributed by atoms with E-state index in [2.05, 4.69) is 51.1 Å². The van der Waals surface area contributed by atoms with E-state index in [1.54, 1.807) is 5.69 Å². The van der Waals surface area contributed by atoms with Gasteiger partial charge in [0.05, 0.1) is 19.6 Å². The maximum absolute atomic E-state index is 2.45. The molecule has 1 aromatic carbocycles. The number of quaternary nitrogens is 1. The third-order valence-corrected chi connectivity index (χ3v) is 9.37. The smallest absolute Gasteiger partial charge is 0.132 e. The van der Waals surface area contributed by atoms with E-state index in [0.29, 0.717) is 0 Å². The number of unbranched alkanes of at least 4 members (excludes halogenated alkanes) is 24. The van der Waals surface area contributed by atoms with Gasteiger partial charge in [-0.25, -0.2) is 0 Å². The Morgan fingerprint density at radius 2 is 0.575 bits per heavy atom. The average Bonchev–Trinajstić information content (AvgIpc) is 2.98. The third-order valence-electron chi connectivity index (χ3n) is 9.37. The van der Waals surface area contributed by atoms with Crippen molar-refractivity contribution in [2.45, 2.75) is 194 Å². The Bertz CT molecular complexity index is 553. The van der Waals surface area contributed by atoms with Crippen LogP contribution in [0.25, 0.3) is 0 Å². The van der Waals surface area contributed by atoms with Crippen LogP contribution >= 0.6 is 0 Å². The van der Waals surface area contributed by atoms with E-state index in [1.807, 2.05) is 0 Å². The number of nitrogens with zero attached hydrogens (tertiary/aromatic N) is 1. The van der Waals surface area contributed by atoms with Crippen molar-refractivity contribution >= 4 is 5.69 Å². The zero-order valence-electron chi connectivity index (χ0n) is 28.0. The second-order valence-electron chi connectivity index (χ2n) is 13.1. The molecule has 0 aliphatic heterocycles. The lowest BCUT2D eigenvalue weighted by Gasteiger charge is -2.39. The number of hydrogen-bond donors (Lipinski definition) is 0. The summed E-state index contributed by atoms with van der Waals surface area (Å²) >= 11 is 0. The highest BCUT2D eigenvalue weighted by molar-refractivity contribution is 5.42. The maximum atomic E-state index is 2.45. The Morgan fingerprint density at radius 3 is 0.850 bits per heavy atom. The number of hydrogen-bond acceptors (Lipinski definition) is 0. The lowest BCUT2D eigenvalue weighted by atomic mass is 10.0. The number of benzene rings is 1. The molecule has 1 aromatic rings. The van der Waals surface area contributed by atoms with Gasteiger partial charge < -0.3 is 0 Å². The van der Waals surface area contributed by atoms with Gasteiger partial charge >= 0.3 is 0 Å². The molecule has 234 valence electrons. The van der Waals surface area contributed by atoms with E-state index < -0.39 is 0 Å². The molecule has 0 aliphatic rings. The Kier molecular flexibility index (Phi) is 26.3. The van der Waals surface area contributed by atoms with Crippen LogP contribution in [-0.2, 0) is 0 Å². The van der Waals surface area contributed by atoms with Gasteiger partial charge in [-0.3, -0.25) is 4.48 Å². The lowest BCUT2D eigenvalue weighted by Crippen LogP contribution is -2.51. The van der Waals surface area contributed by atoms with E-state index in [9.17, 15) is 0 Å². The highest BCUT2D eigenvalue weighted by atomic mass is 15.4. The first-order chi connectivity index (χ1) is 19.8. The van der Waals surface area contributed by atoms with Crippen LogP contribution in [0.15, 0.2) is 30.3 Å². The first-order valence-corrected chi connectivity index (χ1v) is 18.7. The van der Waals surface area contributed by atoms with E-state index in [-0.39, 0.29) is 0 Å². The van der Waals surface area contributed by atoms with Gasteiger partial charge in [0.2, 0.25) is 0 Å². The molecule has 1 rings (SSSR count). The highest BCUT2D eigenvalue weighted by Gasteiger charge is 2.29. The Labute approximate surface area is 253 Å². The average molecular weight is 557 g/mol. The van der Waals surface area contributed by atoms with Crippen LogP contribution in [0.1, 0.15) is 194 Å². The van der Waals surface area contributed by atoms with Crippen LogP contribution in [0, 0.1) is 0 Å². The van der Waals surface area contributed by atoms with Gasteiger partial charge in [-0.05, 0) is 50.7 Å². The number of para-hydroxylation sites is 1. The molecule has 1 nitrogen and oxygen atoms in total. The summed E-state index contributed by atoms with van der Waals surface area (Å²) in [7, 11) is 0. The van der Waals surface area contributed by atoms with Crippen molar-refractivity contribution in [3.05, 3.63) is 30.3 Å². The second-order valence-corrected chi connectivity index (χ2v) is 13.1. The van der Waals surface area contributed by atoms with Gasteiger partial charge in [0, 0.05) is 0 Å². The zero-order chi connectivity index (χ0) is 28.8. The van der Waals surface area contributed by atoms with Crippen molar-refractivity contribution in [2.24, 2.45) is 0 Å². The van der Waals surface area contributed by atoms with Crippen molar-refractivity contribution in [2.75, 3.05) is 19.6 Å². The fourth-order valence-electron chi connectivity index (χ4n) is 6.64. The molecule has 0 atom stereocenters. The predicted molar refractivity (Wildman–Crippen MR) is 185 cm³/mol. The van der Waals surface area contributed by atoms with Gasteiger partial charge in [-0.15, -0.1) is 0 Å². The molecular weight excluding hydrogens is 482 g/mol. The monoisotopic (exact) mass is 557 g/mol. The van der Waals surface area contributed by atoms with Gasteiger partial charge in [-0.1, -0.05) is 174 Å². The molecule has 0 unspecified atom stereocenters. The Balaban J connectivity index is 2.59. The summed E-state index contributed by atoms with van der Waals surface area (Å²) < 4.78 is 1.25. The van der Waals surface area contributed by atoms with Crippen LogP contribution in [0.3, 0.4) is 0 Å². The highest BCUT2D eigenvalue weighted by Crippen LogP contribution is 2.27. The van der Waals surface area contributed by atoms with Crippen molar-refractivity contribution < 1.29 is 0 Å². The minimum atomic E-state index is 1.25. The van der Waals surface area contributed by atoms with E-state index in [0.717, 1.165) is 0 Å². The summed E-state index contributed by atoms with van der Waals surface area (Å²) in [5, 5.41) is 0. The maximum Gasteiger partial charge on any atom is 0.132 e. The number of rotatable bonds is 31. The quantitative estimate of drug-likeness (QED) is 0.0630. The van der Waals surface area contributed by atoms with E-state index in [4.69, 9.17) is 0 Å². The first-order valence-electron chi connectivity index (χ1n) is 18.7. The summed E-state index contributed by atoms with van der Waals surface area (Å²) in [6.07, 6.45) is 38.6. The molecule has 0 spiro atoms. The third kappa shape index (κ3) is 20.1. The molecular formula is C39H74N+. The van der Waals surface area contributed by atoms with Gasteiger partial charge in [0.15, 0.2) is 0 Å². The molecule has 0 fully saturated rings. The standard InChI is InChI=1S/C39H74N/c1-4-7-10-13-16-19-22-25-31-36-40(39-34-29-28-30-35-39,37-32-26-23-20-17-14-11-8-5-2)38-33-27-24-21-18-15-12-9-6-3/h28-30,34-35H,4-27,31-33,36-38H2,1-3H3/q+1. The molecule has 40 heavy (non-hydrogen) atoms. The SMILES string of the molecule is CCCCCCCCCCC[N+](CCCCCCCCCCC)(CCCCCCCCCCC)c1ccccc1. The minimum absolute atomic E-state index is 1.25. The largest absolute Gasteiger partial charge is 0.291 e. The van der Waals surface area contributed by atoms with Crippen molar-refractivity contribution in [1.82, 2.24) is 4.48 Å². The molecule has 0 N–H and O–H groups in total. The molecule has 1 heteroatoms. The minimum Gasteiger partial charge on any atom is -0.291 e. The molecule has 0 radical (unpaired) electrons. The van der Waals surface area contributed by atoms with Crippen LogP contribution in [0.5, 0.6) is 0 Å². The van der Waals surface area contributed by atoms with Gasteiger partial charge in [-0.2, -0.15) is 0 Å². The fraction of sp³-hybridized carbons (Fsp3) is 0.846. The fourth-order valence-corrected chi connectivity index (χ4v) is 6.64. The van der Waals surface area contributed by atoms with Crippen LogP contribution in [0.4, 0.5) is 5.69 Å². The second kappa shape index (κ2) is 28.3. The van der Waals surface area contributed by atoms with Crippen molar-refractivity contribution in [1.29, 1.82) is 0 Å². The molecule has 0 amide bonds. The van der Waals surface area contributed by atoms with Crippen LogP contribution < -0.4 is 4.48 Å². The van der Waals surface area contributed by atoms with Crippen LogP contribution in [0.2, 0.25) is 0 Å².